The highest BCUT2D eigenvalue weighted by molar-refractivity contribution is 5.42. The molecule has 1 aromatic rings. The van der Waals surface area contributed by atoms with E-state index in [-0.39, 0.29) is 23.1 Å². The molecule has 0 aliphatic rings. The average molecular weight is 290 g/mol. The molecular formula is C13H21F3N4. The fourth-order valence-corrected chi connectivity index (χ4v) is 1.36. The van der Waals surface area contributed by atoms with E-state index in [9.17, 15) is 13.2 Å². The molecule has 114 valence electrons. The molecule has 0 bridgehead atoms. The van der Waals surface area contributed by atoms with Crippen LogP contribution in [0.3, 0.4) is 0 Å². The summed E-state index contributed by atoms with van der Waals surface area (Å²) in [6.07, 6.45) is -4.49. The number of hydrogen-bond donors (Lipinski definition) is 2. The Bertz CT molecular complexity index is 452. The largest absolute Gasteiger partial charge is 0.433 e. The topological polar surface area (TPSA) is 49.8 Å². The molecule has 2 N–H and O–H groups in total. The number of aromatic nitrogens is 2. The van der Waals surface area contributed by atoms with Crippen LogP contribution in [0.15, 0.2) is 6.07 Å². The van der Waals surface area contributed by atoms with Crippen LogP contribution in [0.25, 0.3) is 0 Å². The number of anilines is 2. The van der Waals surface area contributed by atoms with E-state index in [4.69, 9.17) is 0 Å². The van der Waals surface area contributed by atoms with Gasteiger partial charge in [-0.3, -0.25) is 0 Å². The predicted molar refractivity (Wildman–Crippen MR) is 73.7 cm³/mol. The number of nitrogens with zero attached hydrogens (tertiary/aromatic N) is 2. The summed E-state index contributed by atoms with van der Waals surface area (Å²) in [6, 6.07) is 0.927. The summed E-state index contributed by atoms with van der Waals surface area (Å²) in [5.74, 6) is 0.406. The van der Waals surface area contributed by atoms with Crippen molar-refractivity contribution in [1.29, 1.82) is 0 Å². The van der Waals surface area contributed by atoms with Gasteiger partial charge < -0.3 is 10.6 Å². The van der Waals surface area contributed by atoms with Crippen LogP contribution in [0.5, 0.6) is 0 Å². The molecular weight excluding hydrogens is 269 g/mol. The molecule has 4 nitrogen and oxygen atoms in total. The fraction of sp³-hybridized carbons (Fsp3) is 0.692. The highest BCUT2D eigenvalue weighted by Gasteiger charge is 2.33. The lowest BCUT2D eigenvalue weighted by molar-refractivity contribution is -0.141. The van der Waals surface area contributed by atoms with Gasteiger partial charge in [-0.2, -0.15) is 18.2 Å². The normalized spacial score (nSPS) is 14.0. The van der Waals surface area contributed by atoms with Crippen LogP contribution in [-0.4, -0.2) is 23.6 Å². The highest BCUT2D eigenvalue weighted by atomic mass is 19.4. The third-order valence-electron chi connectivity index (χ3n) is 3.31. The van der Waals surface area contributed by atoms with Crippen molar-refractivity contribution in [3.05, 3.63) is 11.8 Å². The SMILES string of the molecule is CNc1nc(NCC(C)C(C)(C)C)cc(C(F)(F)F)n1. The second-order valence-corrected chi connectivity index (χ2v) is 5.86. The second-order valence-electron chi connectivity index (χ2n) is 5.86. The summed E-state index contributed by atoms with van der Waals surface area (Å²) < 4.78 is 38.2. The van der Waals surface area contributed by atoms with Crippen LogP contribution in [0, 0.1) is 11.3 Å². The first-order valence-electron chi connectivity index (χ1n) is 6.42. The summed E-state index contributed by atoms with van der Waals surface area (Å²) in [6.45, 7) is 8.83. The maximum absolute atomic E-state index is 12.7. The first kappa shape index (κ1) is 16.5. The second kappa shape index (κ2) is 5.85. The Labute approximate surface area is 117 Å². The molecule has 1 unspecified atom stereocenters. The van der Waals surface area contributed by atoms with Crippen molar-refractivity contribution in [3.63, 3.8) is 0 Å². The van der Waals surface area contributed by atoms with Crippen LogP contribution in [-0.2, 0) is 6.18 Å². The number of alkyl halides is 3. The predicted octanol–water partition coefficient (Wildman–Crippen LogP) is 3.63. The molecule has 0 radical (unpaired) electrons. The Morgan fingerprint density at radius 1 is 1.20 bits per heavy atom. The van der Waals surface area contributed by atoms with Crippen molar-refractivity contribution in [2.75, 3.05) is 24.2 Å². The fourth-order valence-electron chi connectivity index (χ4n) is 1.36. The van der Waals surface area contributed by atoms with Crippen molar-refractivity contribution < 1.29 is 13.2 Å². The van der Waals surface area contributed by atoms with Gasteiger partial charge in [0.1, 0.15) is 5.82 Å². The van der Waals surface area contributed by atoms with Crippen molar-refractivity contribution in [3.8, 4) is 0 Å². The van der Waals surface area contributed by atoms with Gasteiger partial charge >= 0.3 is 6.18 Å². The van der Waals surface area contributed by atoms with Gasteiger partial charge in [-0.05, 0) is 11.3 Å². The Morgan fingerprint density at radius 3 is 2.25 bits per heavy atom. The monoisotopic (exact) mass is 290 g/mol. The molecule has 0 fully saturated rings. The van der Waals surface area contributed by atoms with Gasteiger partial charge in [-0.1, -0.05) is 27.7 Å². The van der Waals surface area contributed by atoms with E-state index in [0.29, 0.717) is 6.54 Å². The van der Waals surface area contributed by atoms with E-state index in [1.54, 1.807) is 0 Å². The minimum Gasteiger partial charge on any atom is -0.370 e. The van der Waals surface area contributed by atoms with E-state index in [1.165, 1.54) is 7.05 Å². The molecule has 0 aliphatic heterocycles. The first-order chi connectivity index (χ1) is 9.04. The minimum absolute atomic E-state index is 0.0502. The number of rotatable bonds is 4. The van der Waals surface area contributed by atoms with E-state index in [0.717, 1.165) is 6.07 Å². The summed E-state index contributed by atoms with van der Waals surface area (Å²) in [7, 11) is 1.48. The van der Waals surface area contributed by atoms with Gasteiger partial charge in [0, 0.05) is 19.7 Å². The van der Waals surface area contributed by atoms with Crippen molar-refractivity contribution in [1.82, 2.24) is 9.97 Å². The van der Waals surface area contributed by atoms with Gasteiger partial charge in [0.15, 0.2) is 5.69 Å². The summed E-state index contributed by atoms with van der Waals surface area (Å²) in [5.41, 5.74) is -0.888. The lowest BCUT2D eigenvalue weighted by Crippen LogP contribution is -2.25. The molecule has 1 atom stereocenters. The Kier molecular flexibility index (Phi) is 4.83. The highest BCUT2D eigenvalue weighted by Crippen LogP contribution is 2.30. The standard InChI is InChI=1S/C13H21F3N4/c1-8(12(2,3)4)7-18-10-6-9(13(14,15)16)19-11(17-5)20-10/h6,8H,7H2,1-5H3,(H2,17,18,19,20). The van der Waals surface area contributed by atoms with Gasteiger partial charge in [0.25, 0.3) is 0 Å². The molecule has 1 rings (SSSR count). The minimum atomic E-state index is -4.49. The van der Waals surface area contributed by atoms with Crippen LogP contribution in [0.2, 0.25) is 0 Å². The van der Waals surface area contributed by atoms with Crippen LogP contribution >= 0.6 is 0 Å². The van der Waals surface area contributed by atoms with Crippen LogP contribution in [0.4, 0.5) is 24.9 Å². The number of hydrogen-bond acceptors (Lipinski definition) is 4. The van der Waals surface area contributed by atoms with Gasteiger partial charge in [-0.25, -0.2) is 4.98 Å². The van der Waals surface area contributed by atoms with Crippen molar-refractivity contribution in [2.24, 2.45) is 11.3 Å². The zero-order chi connectivity index (χ0) is 15.6. The van der Waals surface area contributed by atoms with E-state index in [1.807, 2.05) is 6.92 Å². The number of nitrogens with one attached hydrogen (secondary N) is 2. The summed E-state index contributed by atoms with van der Waals surface area (Å²) in [5, 5.41) is 5.48. The molecule has 0 amide bonds. The Hall–Kier alpha value is -1.53. The van der Waals surface area contributed by atoms with Crippen molar-refractivity contribution >= 4 is 11.8 Å². The first-order valence-corrected chi connectivity index (χ1v) is 6.42. The van der Waals surface area contributed by atoms with Gasteiger partial charge in [-0.15, -0.1) is 0 Å². The summed E-state index contributed by atoms with van der Waals surface area (Å²) >= 11 is 0. The maximum Gasteiger partial charge on any atom is 0.433 e. The molecule has 1 heterocycles. The molecule has 0 aromatic carbocycles. The number of halogens is 3. The average Bonchev–Trinajstić information content (AvgIpc) is 2.33. The maximum atomic E-state index is 12.7. The quantitative estimate of drug-likeness (QED) is 0.889. The summed E-state index contributed by atoms with van der Waals surface area (Å²) in [4.78, 5) is 7.40. The van der Waals surface area contributed by atoms with Crippen molar-refractivity contribution in [2.45, 2.75) is 33.9 Å². The van der Waals surface area contributed by atoms with Crippen LogP contribution in [0.1, 0.15) is 33.4 Å². The lowest BCUT2D eigenvalue weighted by Gasteiger charge is -2.27. The molecule has 0 aliphatic carbocycles. The smallest absolute Gasteiger partial charge is 0.370 e. The molecule has 20 heavy (non-hydrogen) atoms. The molecule has 0 saturated heterocycles. The Balaban J connectivity index is 2.90. The zero-order valence-electron chi connectivity index (χ0n) is 12.4. The Morgan fingerprint density at radius 2 is 1.80 bits per heavy atom. The molecule has 7 heteroatoms. The molecule has 0 spiro atoms. The molecule has 1 aromatic heterocycles. The van der Waals surface area contributed by atoms with Gasteiger partial charge in [0.05, 0.1) is 0 Å². The zero-order valence-corrected chi connectivity index (χ0v) is 12.4. The van der Waals surface area contributed by atoms with Gasteiger partial charge in [0.2, 0.25) is 5.95 Å². The molecule has 0 saturated carbocycles. The van der Waals surface area contributed by atoms with E-state index in [2.05, 4.69) is 41.4 Å². The lowest BCUT2D eigenvalue weighted by atomic mass is 9.82. The third kappa shape index (κ3) is 4.54. The van der Waals surface area contributed by atoms with Crippen LogP contribution < -0.4 is 10.6 Å². The third-order valence-corrected chi connectivity index (χ3v) is 3.31. The van der Waals surface area contributed by atoms with E-state index < -0.39 is 11.9 Å². The van der Waals surface area contributed by atoms with E-state index >= 15 is 0 Å².